The predicted molar refractivity (Wildman–Crippen MR) is 65.2 cm³/mol. The molecule has 1 saturated carbocycles. The normalized spacial score (nSPS) is 31.4. The number of hydrogen-bond donors (Lipinski definition) is 2. The molecule has 0 aromatic rings. The summed E-state index contributed by atoms with van der Waals surface area (Å²) in [6.07, 6.45) is 0.511. The Morgan fingerprint density at radius 1 is 1.37 bits per heavy atom. The first kappa shape index (κ1) is 16.3. The molecule has 0 spiro atoms. The number of nitrogens with one attached hydrogen (secondary N) is 1. The quantitative estimate of drug-likeness (QED) is 0.827. The third-order valence-corrected chi connectivity index (χ3v) is 5.39. The van der Waals surface area contributed by atoms with E-state index in [1.807, 2.05) is 4.72 Å². The fraction of sp³-hybridized carbons (Fsp3) is 0.909. The predicted octanol–water partition coefficient (Wildman–Crippen LogP) is 1.65. The van der Waals surface area contributed by atoms with Crippen LogP contribution in [0.3, 0.4) is 0 Å². The Kier molecular flexibility index (Phi) is 4.56. The number of aliphatic carboxylic acids is 1. The van der Waals surface area contributed by atoms with Gasteiger partial charge in [0.05, 0.1) is 5.92 Å². The number of carboxylic acids is 1. The van der Waals surface area contributed by atoms with Crippen LogP contribution in [-0.4, -0.2) is 31.3 Å². The van der Waals surface area contributed by atoms with Gasteiger partial charge < -0.3 is 5.11 Å². The zero-order chi connectivity index (χ0) is 15.0. The number of carboxylic acid groups (broad SMARTS) is 1. The van der Waals surface area contributed by atoms with Crippen LogP contribution >= 0.6 is 0 Å². The lowest BCUT2D eigenvalue weighted by Crippen LogP contribution is -2.53. The van der Waals surface area contributed by atoms with Crippen molar-refractivity contribution in [3.63, 3.8) is 0 Å². The molecule has 3 unspecified atom stereocenters. The molecular weight excluding hydrogens is 280 g/mol. The molecule has 8 heteroatoms. The Labute approximate surface area is 111 Å². The minimum atomic E-state index is -4.65. The van der Waals surface area contributed by atoms with Crippen LogP contribution < -0.4 is 4.72 Å². The molecule has 0 radical (unpaired) electrons. The van der Waals surface area contributed by atoms with Crippen molar-refractivity contribution in [2.75, 3.05) is 0 Å². The molecule has 0 aliphatic heterocycles. The zero-order valence-corrected chi connectivity index (χ0v) is 11.9. The second-order valence-corrected chi connectivity index (χ2v) is 7.29. The Bertz CT molecular complexity index is 450. The smallest absolute Gasteiger partial charge is 0.350 e. The van der Waals surface area contributed by atoms with Crippen LogP contribution in [0.15, 0.2) is 0 Å². The molecule has 1 aliphatic carbocycles. The summed E-state index contributed by atoms with van der Waals surface area (Å²) < 4.78 is 49.1. The number of hydrogen-bond acceptors (Lipinski definition) is 3. The van der Waals surface area contributed by atoms with Crippen LogP contribution in [0, 0.1) is 17.3 Å². The molecule has 0 bridgehead atoms. The molecule has 0 aromatic heterocycles. The van der Waals surface area contributed by atoms with Crippen LogP contribution in [0.2, 0.25) is 0 Å². The standard InChI is InChI=1S/C11H19F2NO4S/c1-6-8(14-19(17,18)10(12)13)5-4-7(9(15)16)11(6,2)3/h6-8,10,14H,4-5H2,1-3H3,(H,15,16). The van der Waals surface area contributed by atoms with Gasteiger partial charge in [-0.3, -0.25) is 4.79 Å². The van der Waals surface area contributed by atoms with Gasteiger partial charge in [0.1, 0.15) is 0 Å². The summed E-state index contributed by atoms with van der Waals surface area (Å²) in [6.45, 7) is 5.13. The molecule has 19 heavy (non-hydrogen) atoms. The molecule has 5 nitrogen and oxygen atoms in total. The van der Waals surface area contributed by atoms with Gasteiger partial charge in [0.25, 0.3) is 10.0 Å². The first-order chi connectivity index (χ1) is 8.50. The van der Waals surface area contributed by atoms with Crippen molar-refractivity contribution in [1.82, 2.24) is 4.72 Å². The molecule has 0 amide bonds. The first-order valence-electron chi connectivity index (χ1n) is 6.02. The van der Waals surface area contributed by atoms with Crippen molar-refractivity contribution < 1.29 is 27.1 Å². The Hall–Kier alpha value is -0.760. The van der Waals surface area contributed by atoms with Gasteiger partial charge in [-0.15, -0.1) is 0 Å². The summed E-state index contributed by atoms with van der Waals surface area (Å²) in [5.41, 5.74) is -0.667. The Balaban J connectivity index is 2.90. The molecule has 2 N–H and O–H groups in total. The highest BCUT2D eigenvalue weighted by atomic mass is 32.2. The monoisotopic (exact) mass is 299 g/mol. The lowest BCUT2D eigenvalue weighted by Gasteiger charge is -2.46. The van der Waals surface area contributed by atoms with Gasteiger partial charge in [0.2, 0.25) is 0 Å². The topological polar surface area (TPSA) is 83.5 Å². The van der Waals surface area contributed by atoms with E-state index < -0.39 is 39.1 Å². The van der Waals surface area contributed by atoms with E-state index in [2.05, 4.69) is 0 Å². The van der Waals surface area contributed by atoms with Gasteiger partial charge in [-0.2, -0.15) is 8.78 Å². The zero-order valence-electron chi connectivity index (χ0n) is 11.1. The lowest BCUT2D eigenvalue weighted by atomic mass is 9.61. The maximum Gasteiger partial charge on any atom is 0.350 e. The van der Waals surface area contributed by atoms with E-state index in [4.69, 9.17) is 5.11 Å². The van der Waals surface area contributed by atoms with Crippen LogP contribution in [0.25, 0.3) is 0 Å². The molecule has 0 aromatic carbocycles. The van der Waals surface area contributed by atoms with Crippen molar-refractivity contribution in [1.29, 1.82) is 0 Å². The first-order valence-corrected chi connectivity index (χ1v) is 7.57. The number of sulfonamides is 1. The van der Waals surface area contributed by atoms with Crippen molar-refractivity contribution in [2.45, 2.75) is 45.4 Å². The highest BCUT2D eigenvalue weighted by Gasteiger charge is 2.47. The summed E-state index contributed by atoms with van der Waals surface area (Å²) >= 11 is 0. The molecule has 112 valence electrons. The summed E-state index contributed by atoms with van der Waals surface area (Å²) in [5.74, 6) is -5.36. The molecule has 3 atom stereocenters. The van der Waals surface area contributed by atoms with Crippen molar-refractivity contribution in [3.8, 4) is 0 Å². The molecule has 1 aliphatic rings. The summed E-state index contributed by atoms with van der Waals surface area (Å²) in [6, 6.07) is -0.662. The highest BCUT2D eigenvalue weighted by molar-refractivity contribution is 7.89. The second kappa shape index (κ2) is 5.32. The van der Waals surface area contributed by atoms with Crippen LogP contribution in [-0.2, 0) is 14.8 Å². The third kappa shape index (κ3) is 3.22. The summed E-state index contributed by atoms with van der Waals surface area (Å²) in [5, 5.41) is 9.14. The van der Waals surface area contributed by atoms with Gasteiger partial charge in [-0.05, 0) is 24.2 Å². The summed E-state index contributed by atoms with van der Waals surface area (Å²) in [7, 11) is -4.65. The fourth-order valence-corrected chi connectivity index (χ4v) is 3.52. The number of carbonyl (C=O) groups is 1. The van der Waals surface area contributed by atoms with Gasteiger partial charge in [-0.1, -0.05) is 20.8 Å². The second-order valence-electron chi connectivity index (χ2n) is 5.61. The number of halogens is 2. The van der Waals surface area contributed by atoms with E-state index in [-0.39, 0.29) is 18.8 Å². The van der Waals surface area contributed by atoms with E-state index in [0.717, 1.165) is 0 Å². The minimum absolute atomic E-state index is 0.244. The van der Waals surface area contributed by atoms with Crippen molar-refractivity contribution in [3.05, 3.63) is 0 Å². The number of alkyl halides is 2. The Morgan fingerprint density at radius 3 is 2.32 bits per heavy atom. The molecule has 1 fully saturated rings. The molecule has 0 saturated heterocycles. The maximum atomic E-state index is 12.3. The molecule has 1 rings (SSSR count). The Morgan fingerprint density at radius 2 is 1.89 bits per heavy atom. The highest BCUT2D eigenvalue weighted by Crippen LogP contribution is 2.45. The van der Waals surface area contributed by atoms with Gasteiger partial charge >= 0.3 is 11.7 Å². The minimum Gasteiger partial charge on any atom is -0.481 e. The lowest BCUT2D eigenvalue weighted by molar-refractivity contribution is -0.150. The van der Waals surface area contributed by atoms with E-state index in [0.29, 0.717) is 0 Å². The average molecular weight is 299 g/mol. The van der Waals surface area contributed by atoms with Crippen LogP contribution in [0.1, 0.15) is 33.6 Å². The van der Waals surface area contributed by atoms with Gasteiger partial charge in [-0.25, -0.2) is 13.1 Å². The maximum absolute atomic E-state index is 12.3. The van der Waals surface area contributed by atoms with Crippen molar-refractivity contribution in [2.24, 2.45) is 17.3 Å². The van der Waals surface area contributed by atoms with E-state index in [1.165, 1.54) is 0 Å². The van der Waals surface area contributed by atoms with Crippen LogP contribution in [0.4, 0.5) is 8.78 Å². The van der Waals surface area contributed by atoms with Gasteiger partial charge in [0, 0.05) is 6.04 Å². The van der Waals surface area contributed by atoms with Crippen LogP contribution in [0.5, 0.6) is 0 Å². The van der Waals surface area contributed by atoms with E-state index in [1.54, 1.807) is 20.8 Å². The molecular formula is C11H19F2NO4S. The third-order valence-electron chi connectivity index (χ3n) is 4.29. The largest absolute Gasteiger partial charge is 0.481 e. The molecule has 0 heterocycles. The van der Waals surface area contributed by atoms with E-state index >= 15 is 0 Å². The van der Waals surface area contributed by atoms with E-state index in [9.17, 15) is 22.0 Å². The number of rotatable bonds is 4. The van der Waals surface area contributed by atoms with Gasteiger partial charge in [0.15, 0.2) is 0 Å². The average Bonchev–Trinajstić information content (AvgIpc) is 2.23. The fourth-order valence-electron chi connectivity index (χ4n) is 2.67. The summed E-state index contributed by atoms with van der Waals surface area (Å²) in [4.78, 5) is 11.2. The van der Waals surface area contributed by atoms with Crippen molar-refractivity contribution >= 4 is 16.0 Å². The SMILES string of the molecule is CC1C(NS(=O)(=O)C(F)F)CCC(C(=O)O)C1(C)C.